The molecule has 0 fully saturated rings. The molecule has 0 aliphatic rings. The quantitative estimate of drug-likeness (QED) is 0.622. The Hall–Kier alpha value is -2.25. The van der Waals surface area contributed by atoms with E-state index in [4.69, 9.17) is 10.00 Å². The maximum Gasteiger partial charge on any atom is 0.200 e. The molecule has 0 heterocycles. The van der Waals surface area contributed by atoms with Gasteiger partial charge in [-0.3, -0.25) is 4.79 Å². The Bertz CT molecular complexity index is 627. The Morgan fingerprint density at radius 1 is 1.15 bits per heavy atom. The molecule has 2 aromatic rings. The van der Waals surface area contributed by atoms with E-state index in [9.17, 15) is 4.79 Å². The number of nitriles is 1. The number of ketones is 1. The van der Waals surface area contributed by atoms with Gasteiger partial charge >= 0.3 is 0 Å². The SMILES string of the molecule is CSc1ccc(C(=O)COc2ccc(C#N)cc2)cc1. The van der Waals surface area contributed by atoms with Gasteiger partial charge in [0.2, 0.25) is 0 Å². The summed E-state index contributed by atoms with van der Waals surface area (Å²) in [5.74, 6) is 0.514. The Labute approximate surface area is 122 Å². The van der Waals surface area contributed by atoms with Gasteiger partial charge in [0.15, 0.2) is 12.4 Å². The maximum atomic E-state index is 12.0. The van der Waals surface area contributed by atoms with Gasteiger partial charge in [0.25, 0.3) is 0 Å². The number of hydrogen-bond donors (Lipinski definition) is 0. The number of hydrogen-bond acceptors (Lipinski definition) is 4. The molecule has 0 N–H and O–H groups in total. The van der Waals surface area contributed by atoms with E-state index in [1.807, 2.05) is 24.5 Å². The molecule has 0 radical (unpaired) electrons. The lowest BCUT2D eigenvalue weighted by Crippen LogP contribution is -2.11. The van der Waals surface area contributed by atoms with Crippen LogP contribution in [0.25, 0.3) is 0 Å². The summed E-state index contributed by atoms with van der Waals surface area (Å²) in [6, 6.07) is 16.2. The third kappa shape index (κ3) is 3.62. The molecule has 2 aromatic carbocycles. The van der Waals surface area contributed by atoms with Crippen molar-refractivity contribution in [2.24, 2.45) is 0 Å². The van der Waals surface area contributed by atoms with E-state index in [0.717, 1.165) is 4.90 Å². The Morgan fingerprint density at radius 2 is 1.80 bits per heavy atom. The highest BCUT2D eigenvalue weighted by Gasteiger charge is 2.06. The van der Waals surface area contributed by atoms with Crippen molar-refractivity contribution in [2.75, 3.05) is 12.9 Å². The summed E-state index contributed by atoms with van der Waals surface area (Å²) in [4.78, 5) is 13.1. The maximum absolute atomic E-state index is 12.0. The van der Waals surface area contributed by atoms with E-state index >= 15 is 0 Å². The highest BCUT2D eigenvalue weighted by atomic mass is 32.2. The van der Waals surface area contributed by atoms with Crippen LogP contribution >= 0.6 is 11.8 Å². The van der Waals surface area contributed by atoms with Gasteiger partial charge < -0.3 is 4.74 Å². The van der Waals surface area contributed by atoms with Gasteiger partial charge in [0.1, 0.15) is 5.75 Å². The standard InChI is InChI=1S/C16H13NO2S/c1-20-15-8-4-13(5-9-15)16(18)11-19-14-6-2-12(10-17)3-7-14/h2-9H,11H2,1H3. The van der Waals surface area contributed by atoms with Crippen LogP contribution in [0.5, 0.6) is 5.75 Å². The van der Waals surface area contributed by atoms with Crippen LogP contribution in [0.4, 0.5) is 0 Å². The van der Waals surface area contributed by atoms with Crippen LogP contribution in [0.15, 0.2) is 53.4 Å². The first-order chi connectivity index (χ1) is 9.72. The Balaban J connectivity index is 1.95. The molecule has 0 atom stereocenters. The molecule has 100 valence electrons. The van der Waals surface area contributed by atoms with Crippen LogP contribution < -0.4 is 4.74 Å². The number of rotatable bonds is 5. The lowest BCUT2D eigenvalue weighted by Gasteiger charge is -2.06. The van der Waals surface area contributed by atoms with E-state index in [1.54, 1.807) is 48.2 Å². The fraction of sp³-hybridized carbons (Fsp3) is 0.125. The first-order valence-electron chi connectivity index (χ1n) is 6.03. The van der Waals surface area contributed by atoms with Gasteiger partial charge in [-0.1, -0.05) is 12.1 Å². The van der Waals surface area contributed by atoms with Crippen LogP contribution in [0.1, 0.15) is 15.9 Å². The van der Waals surface area contributed by atoms with Gasteiger partial charge in [0.05, 0.1) is 11.6 Å². The predicted molar refractivity (Wildman–Crippen MR) is 79.2 cm³/mol. The molecule has 0 aromatic heterocycles. The summed E-state index contributed by atoms with van der Waals surface area (Å²) in [5.41, 5.74) is 1.20. The van der Waals surface area contributed by atoms with Crippen LogP contribution in [-0.4, -0.2) is 18.6 Å². The van der Waals surface area contributed by atoms with Gasteiger partial charge in [-0.2, -0.15) is 5.26 Å². The van der Waals surface area contributed by atoms with Crippen LogP contribution in [0, 0.1) is 11.3 Å². The van der Waals surface area contributed by atoms with Gasteiger partial charge in [-0.25, -0.2) is 0 Å². The van der Waals surface area contributed by atoms with Gasteiger partial charge in [-0.15, -0.1) is 11.8 Å². The average molecular weight is 283 g/mol. The fourth-order valence-corrected chi connectivity index (χ4v) is 2.04. The van der Waals surface area contributed by atoms with E-state index in [2.05, 4.69) is 0 Å². The highest BCUT2D eigenvalue weighted by Crippen LogP contribution is 2.16. The monoisotopic (exact) mass is 283 g/mol. The minimum Gasteiger partial charge on any atom is -0.485 e. The summed E-state index contributed by atoms with van der Waals surface area (Å²) < 4.78 is 5.41. The van der Waals surface area contributed by atoms with Gasteiger partial charge in [-0.05, 0) is 42.7 Å². The zero-order chi connectivity index (χ0) is 14.4. The minimum atomic E-state index is -0.0676. The molecule has 0 bridgehead atoms. The zero-order valence-corrected chi connectivity index (χ0v) is 11.8. The normalized spacial score (nSPS) is 9.80. The number of carbonyl (C=O) groups is 1. The second-order valence-electron chi connectivity index (χ2n) is 4.08. The van der Waals surface area contributed by atoms with Crippen molar-refractivity contribution in [1.29, 1.82) is 5.26 Å². The van der Waals surface area contributed by atoms with Crippen LogP contribution in [0.2, 0.25) is 0 Å². The molecule has 0 spiro atoms. The van der Waals surface area contributed by atoms with Crippen molar-refractivity contribution in [3.05, 3.63) is 59.7 Å². The number of Topliss-reactive ketones (excluding diaryl/α,β-unsaturated/α-hetero) is 1. The number of carbonyl (C=O) groups excluding carboxylic acids is 1. The summed E-state index contributed by atoms with van der Waals surface area (Å²) in [5, 5.41) is 8.69. The first-order valence-corrected chi connectivity index (χ1v) is 7.25. The molecular weight excluding hydrogens is 270 g/mol. The van der Waals surface area contributed by atoms with Gasteiger partial charge in [0, 0.05) is 10.5 Å². The first kappa shape index (κ1) is 14.2. The summed E-state index contributed by atoms with van der Waals surface area (Å²) in [7, 11) is 0. The number of ether oxygens (including phenoxy) is 1. The fourth-order valence-electron chi connectivity index (χ4n) is 1.63. The van der Waals surface area contributed by atoms with Crippen molar-refractivity contribution < 1.29 is 9.53 Å². The third-order valence-electron chi connectivity index (χ3n) is 2.77. The third-order valence-corrected chi connectivity index (χ3v) is 3.51. The van der Waals surface area contributed by atoms with Crippen LogP contribution in [-0.2, 0) is 0 Å². The zero-order valence-electron chi connectivity index (χ0n) is 11.0. The van der Waals surface area contributed by atoms with E-state index < -0.39 is 0 Å². The van der Waals surface area contributed by atoms with Crippen molar-refractivity contribution in [3.8, 4) is 11.8 Å². The summed E-state index contributed by atoms with van der Waals surface area (Å²) in [6.07, 6.45) is 1.99. The Morgan fingerprint density at radius 3 is 2.35 bits per heavy atom. The molecule has 0 aliphatic carbocycles. The molecule has 3 nitrogen and oxygen atoms in total. The second-order valence-corrected chi connectivity index (χ2v) is 4.96. The van der Waals surface area contributed by atoms with Crippen molar-refractivity contribution in [1.82, 2.24) is 0 Å². The summed E-state index contributed by atoms with van der Waals surface area (Å²) in [6.45, 7) is -0.00941. The van der Waals surface area contributed by atoms with Crippen molar-refractivity contribution in [2.45, 2.75) is 4.90 Å². The molecule has 0 aliphatic heterocycles. The molecule has 2 rings (SSSR count). The number of thioether (sulfide) groups is 1. The molecule has 0 unspecified atom stereocenters. The lowest BCUT2D eigenvalue weighted by molar-refractivity contribution is 0.0921. The summed E-state index contributed by atoms with van der Waals surface area (Å²) >= 11 is 1.63. The second kappa shape index (κ2) is 6.78. The number of benzene rings is 2. The molecule has 0 saturated heterocycles. The topological polar surface area (TPSA) is 50.1 Å². The van der Waals surface area contributed by atoms with Crippen LogP contribution in [0.3, 0.4) is 0 Å². The highest BCUT2D eigenvalue weighted by molar-refractivity contribution is 7.98. The van der Waals surface area contributed by atoms with E-state index in [1.165, 1.54) is 0 Å². The van der Waals surface area contributed by atoms with Crippen molar-refractivity contribution >= 4 is 17.5 Å². The molecule has 4 heteroatoms. The predicted octanol–water partition coefficient (Wildman–Crippen LogP) is 3.54. The molecule has 0 saturated carbocycles. The smallest absolute Gasteiger partial charge is 0.200 e. The average Bonchev–Trinajstić information content (AvgIpc) is 2.53. The Kier molecular flexibility index (Phi) is 4.80. The van der Waals surface area contributed by atoms with Crippen molar-refractivity contribution in [3.63, 3.8) is 0 Å². The molecule has 0 amide bonds. The number of nitrogens with zero attached hydrogens (tertiary/aromatic N) is 1. The molecular formula is C16H13NO2S. The largest absolute Gasteiger partial charge is 0.485 e. The minimum absolute atomic E-state index is 0.00941. The lowest BCUT2D eigenvalue weighted by atomic mass is 10.1. The van der Waals surface area contributed by atoms with E-state index in [0.29, 0.717) is 16.9 Å². The van der Waals surface area contributed by atoms with E-state index in [-0.39, 0.29) is 12.4 Å². The molecule has 20 heavy (non-hydrogen) atoms.